The molecule has 0 saturated carbocycles. The zero-order valence-corrected chi connectivity index (χ0v) is 10.4. The average Bonchev–Trinajstić information content (AvgIpc) is 3.00. The van der Waals surface area contributed by atoms with E-state index in [1.165, 1.54) is 18.9 Å². The third-order valence-corrected chi connectivity index (χ3v) is 2.75. The number of nitrogens with zero attached hydrogens (tertiary/aromatic N) is 3. The van der Waals surface area contributed by atoms with E-state index >= 15 is 0 Å². The Hall–Kier alpha value is -2.11. The molecule has 0 spiro atoms. The van der Waals surface area contributed by atoms with Crippen molar-refractivity contribution >= 4 is 5.91 Å². The zero-order valence-electron chi connectivity index (χ0n) is 10.4. The predicted molar refractivity (Wildman–Crippen MR) is 64.8 cm³/mol. The molecule has 1 atom stereocenters. The molecule has 1 amide bonds. The highest BCUT2D eigenvalue weighted by Gasteiger charge is 2.18. The largest absolute Gasteiger partial charge is 0.472 e. The van der Waals surface area contributed by atoms with Crippen molar-refractivity contribution in [1.29, 1.82) is 0 Å². The molecule has 0 aliphatic rings. The Morgan fingerprint density at radius 2 is 2.39 bits per heavy atom. The summed E-state index contributed by atoms with van der Waals surface area (Å²) in [6, 6.07) is 1.64. The van der Waals surface area contributed by atoms with Crippen LogP contribution in [0, 0.1) is 5.92 Å². The summed E-state index contributed by atoms with van der Waals surface area (Å²) in [4.78, 5) is 15.8. The van der Waals surface area contributed by atoms with Gasteiger partial charge in [-0.05, 0) is 12.0 Å². The molecule has 2 rings (SSSR count). The van der Waals surface area contributed by atoms with Crippen LogP contribution in [0.5, 0.6) is 0 Å². The lowest BCUT2D eigenvalue weighted by molar-refractivity contribution is 0.0918. The Morgan fingerprint density at radius 3 is 2.94 bits per heavy atom. The molecule has 0 aliphatic heterocycles. The number of carbonyl (C=O) groups is 1. The number of carbonyl (C=O) groups excluding carboxylic acids is 1. The van der Waals surface area contributed by atoms with Gasteiger partial charge in [0.05, 0.1) is 24.4 Å². The molecule has 1 unspecified atom stereocenters. The summed E-state index contributed by atoms with van der Waals surface area (Å²) in [5.74, 6) is 0.160. The molecular formula is C12H16N4O2. The maximum absolute atomic E-state index is 11.9. The molecule has 6 heteroatoms. The summed E-state index contributed by atoms with van der Waals surface area (Å²) < 4.78 is 6.60. The molecule has 1 N–H and O–H groups in total. The highest BCUT2D eigenvalue weighted by Crippen LogP contribution is 2.07. The molecule has 0 bridgehead atoms. The maximum Gasteiger partial charge on any atom is 0.254 e. The van der Waals surface area contributed by atoms with Crippen LogP contribution in [0.2, 0.25) is 0 Å². The molecule has 0 aromatic carbocycles. The van der Waals surface area contributed by atoms with E-state index < -0.39 is 0 Å². The Morgan fingerprint density at radius 1 is 1.56 bits per heavy atom. The lowest BCUT2D eigenvalue weighted by Gasteiger charge is -2.21. The lowest BCUT2D eigenvalue weighted by Crippen LogP contribution is -2.41. The van der Waals surface area contributed by atoms with Crippen LogP contribution in [-0.4, -0.2) is 26.7 Å². The first-order valence-electron chi connectivity index (χ1n) is 5.82. The monoisotopic (exact) mass is 248 g/mol. The average molecular weight is 248 g/mol. The van der Waals surface area contributed by atoms with Crippen molar-refractivity contribution in [2.24, 2.45) is 5.92 Å². The van der Waals surface area contributed by atoms with Crippen LogP contribution in [0.3, 0.4) is 0 Å². The van der Waals surface area contributed by atoms with Gasteiger partial charge in [-0.1, -0.05) is 13.8 Å². The fraction of sp³-hybridized carbons (Fsp3) is 0.417. The van der Waals surface area contributed by atoms with Crippen LogP contribution < -0.4 is 5.32 Å². The number of hydrogen-bond acceptors (Lipinski definition) is 4. The van der Waals surface area contributed by atoms with Gasteiger partial charge in [0, 0.05) is 0 Å². The first kappa shape index (κ1) is 12.3. The van der Waals surface area contributed by atoms with E-state index in [0.29, 0.717) is 18.0 Å². The van der Waals surface area contributed by atoms with Gasteiger partial charge in [0.2, 0.25) is 0 Å². The maximum atomic E-state index is 11.9. The van der Waals surface area contributed by atoms with E-state index in [1.807, 2.05) is 0 Å². The number of amides is 1. The zero-order chi connectivity index (χ0) is 13.0. The summed E-state index contributed by atoms with van der Waals surface area (Å²) >= 11 is 0. The Labute approximate surface area is 105 Å². The Balaban J connectivity index is 2.00. The standard InChI is InChI=1S/C12H16N4O2/c1-9(2)11(5-16-8-13-7-14-16)15-12(17)10-3-4-18-6-10/h3-4,6-9,11H,5H2,1-2H3,(H,15,17). The molecule has 2 heterocycles. The first-order valence-corrected chi connectivity index (χ1v) is 5.82. The van der Waals surface area contributed by atoms with Gasteiger partial charge in [0.15, 0.2) is 0 Å². The third kappa shape index (κ3) is 2.97. The Kier molecular flexibility index (Phi) is 3.76. The quantitative estimate of drug-likeness (QED) is 0.866. The van der Waals surface area contributed by atoms with Crippen molar-refractivity contribution in [1.82, 2.24) is 20.1 Å². The minimum atomic E-state index is -0.137. The second-order valence-electron chi connectivity index (χ2n) is 4.45. The van der Waals surface area contributed by atoms with Crippen LogP contribution in [0.15, 0.2) is 35.7 Å². The van der Waals surface area contributed by atoms with Crippen molar-refractivity contribution in [2.45, 2.75) is 26.4 Å². The summed E-state index contributed by atoms with van der Waals surface area (Å²) in [5, 5.41) is 7.01. The Bertz CT molecular complexity index is 476. The first-order chi connectivity index (χ1) is 8.66. The molecule has 2 aromatic rings. The van der Waals surface area contributed by atoms with Crippen molar-refractivity contribution in [3.8, 4) is 0 Å². The van der Waals surface area contributed by atoms with E-state index in [2.05, 4.69) is 29.2 Å². The van der Waals surface area contributed by atoms with Crippen LogP contribution in [-0.2, 0) is 6.54 Å². The van der Waals surface area contributed by atoms with Gasteiger partial charge in [-0.3, -0.25) is 9.48 Å². The summed E-state index contributed by atoms with van der Waals surface area (Å²) in [5.41, 5.74) is 0.527. The third-order valence-electron chi connectivity index (χ3n) is 2.75. The van der Waals surface area contributed by atoms with Crippen LogP contribution in [0.25, 0.3) is 0 Å². The second-order valence-corrected chi connectivity index (χ2v) is 4.45. The molecule has 0 aliphatic carbocycles. The fourth-order valence-electron chi connectivity index (χ4n) is 1.60. The minimum Gasteiger partial charge on any atom is -0.472 e. The van der Waals surface area contributed by atoms with Gasteiger partial charge in [0.1, 0.15) is 18.9 Å². The van der Waals surface area contributed by atoms with Crippen LogP contribution >= 0.6 is 0 Å². The van der Waals surface area contributed by atoms with E-state index in [1.54, 1.807) is 17.1 Å². The number of rotatable bonds is 5. The van der Waals surface area contributed by atoms with Crippen molar-refractivity contribution in [2.75, 3.05) is 0 Å². The molecule has 0 saturated heterocycles. The normalized spacial score (nSPS) is 12.6. The number of aromatic nitrogens is 3. The van der Waals surface area contributed by atoms with Crippen molar-refractivity contribution < 1.29 is 9.21 Å². The molecule has 18 heavy (non-hydrogen) atoms. The summed E-state index contributed by atoms with van der Waals surface area (Å²) in [6.07, 6.45) is 6.04. The molecule has 0 radical (unpaired) electrons. The van der Waals surface area contributed by atoms with Gasteiger partial charge in [0.25, 0.3) is 5.91 Å². The fourth-order valence-corrected chi connectivity index (χ4v) is 1.60. The van der Waals surface area contributed by atoms with E-state index in [4.69, 9.17) is 4.42 Å². The van der Waals surface area contributed by atoms with Gasteiger partial charge in [-0.25, -0.2) is 4.98 Å². The van der Waals surface area contributed by atoms with Gasteiger partial charge in [-0.15, -0.1) is 0 Å². The topological polar surface area (TPSA) is 73.0 Å². The lowest BCUT2D eigenvalue weighted by atomic mass is 10.0. The molecule has 6 nitrogen and oxygen atoms in total. The van der Waals surface area contributed by atoms with Crippen molar-refractivity contribution in [3.63, 3.8) is 0 Å². The van der Waals surface area contributed by atoms with Gasteiger partial charge in [-0.2, -0.15) is 5.10 Å². The SMILES string of the molecule is CC(C)C(Cn1cncn1)NC(=O)c1ccoc1. The van der Waals surface area contributed by atoms with Crippen molar-refractivity contribution in [3.05, 3.63) is 36.8 Å². The van der Waals surface area contributed by atoms with E-state index in [0.717, 1.165) is 0 Å². The van der Waals surface area contributed by atoms with Gasteiger partial charge >= 0.3 is 0 Å². The predicted octanol–water partition coefficient (Wildman–Crippen LogP) is 1.33. The highest BCUT2D eigenvalue weighted by atomic mass is 16.3. The number of hydrogen-bond donors (Lipinski definition) is 1. The van der Waals surface area contributed by atoms with E-state index in [-0.39, 0.29) is 11.9 Å². The smallest absolute Gasteiger partial charge is 0.254 e. The van der Waals surface area contributed by atoms with E-state index in [9.17, 15) is 4.79 Å². The van der Waals surface area contributed by atoms with Gasteiger partial charge < -0.3 is 9.73 Å². The highest BCUT2D eigenvalue weighted by molar-refractivity contribution is 5.93. The summed E-state index contributed by atoms with van der Waals surface area (Å²) in [7, 11) is 0. The molecule has 0 fully saturated rings. The molecule has 2 aromatic heterocycles. The molecular weight excluding hydrogens is 232 g/mol. The number of nitrogens with one attached hydrogen (secondary N) is 1. The molecule has 96 valence electrons. The van der Waals surface area contributed by atoms with Crippen LogP contribution in [0.1, 0.15) is 24.2 Å². The minimum absolute atomic E-state index is 0.00546. The second kappa shape index (κ2) is 5.48. The summed E-state index contributed by atoms with van der Waals surface area (Å²) in [6.45, 7) is 4.70. The van der Waals surface area contributed by atoms with Crippen LogP contribution in [0.4, 0.5) is 0 Å². The number of furan rings is 1.